The normalized spacial score (nSPS) is 11.6. The summed E-state index contributed by atoms with van der Waals surface area (Å²) in [7, 11) is 0. The predicted octanol–water partition coefficient (Wildman–Crippen LogP) is 8.19. The number of benzene rings is 3. The van der Waals surface area contributed by atoms with Crippen LogP contribution in [0.15, 0.2) is 60.2 Å². The van der Waals surface area contributed by atoms with E-state index in [9.17, 15) is 23.2 Å². The lowest BCUT2D eigenvalue weighted by Gasteiger charge is -2.15. The van der Waals surface area contributed by atoms with Gasteiger partial charge in [-0.25, -0.2) is 0 Å². The third-order valence-corrected chi connectivity index (χ3v) is 5.84. The van der Waals surface area contributed by atoms with Crippen LogP contribution in [0.25, 0.3) is 6.08 Å². The van der Waals surface area contributed by atoms with E-state index >= 15 is 0 Å². The zero-order valence-electron chi connectivity index (χ0n) is 19.1. The van der Waals surface area contributed by atoms with E-state index in [1.807, 2.05) is 0 Å². The Kier molecular flexibility index (Phi) is 9.33. The molecule has 3 aromatic rings. The summed E-state index contributed by atoms with van der Waals surface area (Å²) in [5.41, 5.74) is -0.334. The van der Waals surface area contributed by atoms with Crippen LogP contribution in [0.4, 0.5) is 18.9 Å². The lowest BCUT2D eigenvalue weighted by Crippen LogP contribution is -2.14. The zero-order valence-corrected chi connectivity index (χ0v) is 21.4. The summed E-state index contributed by atoms with van der Waals surface area (Å²) in [5.74, 6) is -0.397. The number of hydrogen-bond acceptors (Lipinski definition) is 4. The van der Waals surface area contributed by atoms with Crippen LogP contribution in [0.3, 0.4) is 0 Å². The standard InChI is InChI=1S/C26H18Cl3F3N2O3/c1-2-36-23-11-16(10-22(29)24(23)37-14-15-6-7-20(27)21(28)9-15)8-17(13-33)25(35)34-19-5-3-4-18(12-19)26(30,31)32/h3-12H,2,14H2,1H3,(H,34,35)/b17-8+. The summed E-state index contributed by atoms with van der Waals surface area (Å²) in [5, 5.41) is 12.7. The van der Waals surface area contributed by atoms with Crippen molar-refractivity contribution in [3.8, 4) is 17.6 Å². The first-order chi connectivity index (χ1) is 17.5. The van der Waals surface area contributed by atoms with Crippen LogP contribution in [0.2, 0.25) is 15.1 Å². The maximum absolute atomic E-state index is 13.0. The monoisotopic (exact) mass is 568 g/mol. The van der Waals surface area contributed by atoms with Crippen molar-refractivity contribution in [3.05, 3.63) is 91.9 Å². The molecule has 0 fully saturated rings. The Balaban J connectivity index is 1.84. The second kappa shape index (κ2) is 12.2. The van der Waals surface area contributed by atoms with Gasteiger partial charge in [-0.15, -0.1) is 0 Å². The highest BCUT2D eigenvalue weighted by molar-refractivity contribution is 6.42. The van der Waals surface area contributed by atoms with E-state index in [0.717, 1.165) is 23.8 Å². The smallest absolute Gasteiger partial charge is 0.416 e. The van der Waals surface area contributed by atoms with Gasteiger partial charge in [-0.3, -0.25) is 4.79 Å². The number of hydrogen-bond donors (Lipinski definition) is 1. The van der Waals surface area contributed by atoms with Gasteiger partial charge in [0.05, 0.1) is 27.2 Å². The maximum atomic E-state index is 13.0. The molecule has 3 aromatic carbocycles. The van der Waals surface area contributed by atoms with Crippen molar-refractivity contribution in [2.24, 2.45) is 0 Å². The van der Waals surface area contributed by atoms with Gasteiger partial charge < -0.3 is 14.8 Å². The minimum atomic E-state index is -4.58. The molecule has 0 aliphatic heterocycles. The van der Waals surface area contributed by atoms with Gasteiger partial charge in [-0.1, -0.05) is 46.9 Å². The zero-order chi connectivity index (χ0) is 27.2. The van der Waals surface area contributed by atoms with E-state index < -0.39 is 17.6 Å². The Morgan fingerprint density at radius 3 is 2.43 bits per heavy atom. The van der Waals surface area contributed by atoms with Crippen LogP contribution in [0.1, 0.15) is 23.6 Å². The Labute approximate surface area is 226 Å². The summed E-state index contributed by atoms with van der Waals surface area (Å²) < 4.78 is 50.3. The van der Waals surface area contributed by atoms with Crippen molar-refractivity contribution in [3.63, 3.8) is 0 Å². The van der Waals surface area contributed by atoms with Crippen molar-refractivity contribution in [1.82, 2.24) is 0 Å². The SMILES string of the molecule is CCOc1cc(/C=C(\C#N)C(=O)Nc2cccc(C(F)(F)F)c2)cc(Cl)c1OCc1ccc(Cl)c(Cl)c1. The molecular formula is C26H18Cl3F3N2O3. The molecule has 0 saturated heterocycles. The quantitative estimate of drug-likeness (QED) is 0.219. The fraction of sp³-hybridized carbons (Fsp3) is 0.154. The Hall–Kier alpha value is -3.38. The number of anilines is 1. The van der Waals surface area contributed by atoms with Crippen molar-refractivity contribution in [2.45, 2.75) is 19.7 Å². The van der Waals surface area contributed by atoms with Crippen LogP contribution in [-0.2, 0) is 17.6 Å². The molecule has 0 atom stereocenters. The first-order valence-electron chi connectivity index (χ1n) is 10.6. The molecule has 0 spiro atoms. The number of amides is 1. The van der Waals surface area contributed by atoms with E-state index in [0.29, 0.717) is 15.6 Å². The molecule has 0 aromatic heterocycles. The molecule has 37 heavy (non-hydrogen) atoms. The van der Waals surface area contributed by atoms with Gasteiger partial charge >= 0.3 is 6.18 Å². The average Bonchev–Trinajstić information content (AvgIpc) is 2.84. The minimum absolute atomic E-state index is 0.106. The second-order valence-corrected chi connectivity index (χ2v) is 8.72. The first-order valence-corrected chi connectivity index (χ1v) is 11.8. The van der Waals surface area contributed by atoms with Crippen LogP contribution in [0, 0.1) is 11.3 Å². The van der Waals surface area contributed by atoms with E-state index in [2.05, 4.69) is 5.32 Å². The van der Waals surface area contributed by atoms with Gasteiger partial charge in [-0.05, 0) is 66.6 Å². The molecule has 11 heteroatoms. The number of carbonyl (C=O) groups excluding carboxylic acids is 1. The molecule has 0 heterocycles. The van der Waals surface area contributed by atoms with E-state index in [1.165, 1.54) is 24.3 Å². The van der Waals surface area contributed by atoms with Gasteiger partial charge in [0, 0.05) is 5.69 Å². The lowest BCUT2D eigenvalue weighted by molar-refractivity contribution is -0.137. The highest BCUT2D eigenvalue weighted by Crippen LogP contribution is 2.38. The van der Waals surface area contributed by atoms with Gasteiger partial charge in [0.1, 0.15) is 18.2 Å². The summed E-state index contributed by atoms with van der Waals surface area (Å²) in [4.78, 5) is 12.6. The van der Waals surface area contributed by atoms with E-state index in [-0.39, 0.29) is 41.0 Å². The molecule has 0 unspecified atom stereocenters. The molecule has 1 amide bonds. The molecule has 0 radical (unpaired) electrons. The van der Waals surface area contributed by atoms with Gasteiger partial charge in [0.2, 0.25) is 0 Å². The summed E-state index contributed by atoms with van der Waals surface area (Å²) >= 11 is 18.4. The fourth-order valence-electron chi connectivity index (χ4n) is 3.15. The predicted molar refractivity (Wildman–Crippen MR) is 137 cm³/mol. The van der Waals surface area contributed by atoms with Crippen LogP contribution in [-0.4, -0.2) is 12.5 Å². The molecule has 0 aliphatic carbocycles. The average molecular weight is 570 g/mol. The van der Waals surface area contributed by atoms with E-state index in [4.69, 9.17) is 44.3 Å². The molecule has 0 aliphatic rings. The topological polar surface area (TPSA) is 71.3 Å². The summed E-state index contributed by atoms with van der Waals surface area (Å²) in [6, 6.07) is 13.8. The molecule has 1 N–H and O–H groups in total. The van der Waals surface area contributed by atoms with Gasteiger partial charge in [0.25, 0.3) is 5.91 Å². The fourth-order valence-corrected chi connectivity index (χ4v) is 3.74. The summed E-state index contributed by atoms with van der Waals surface area (Å²) in [6.07, 6.45) is -3.34. The number of nitriles is 1. The van der Waals surface area contributed by atoms with E-state index in [1.54, 1.807) is 31.2 Å². The Morgan fingerprint density at radius 1 is 1.03 bits per heavy atom. The molecule has 0 saturated carbocycles. The first kappa shape index (κ1) is 28.2. The lowest BCUT2D eigenvalue weighted by atomic mass is 10.1. The number of rotatable bonds is 8. The minimum Gasteiger partial charge on any atom is -0.490 e. The number of ether oxygens (including phenoxy) is 2. The molecular weight excluding hydrogens is 552 g/mol. The third-order valence-electron chi connectivity index (χ3n) is 4.82. The second-order valence-electron chi connectivity index (χ2n) is 7.50. The number of nitrogens with zero attached hydrogens (tertiary/aromatic N) is 1. The summed E-state index contributed by atoms with van der Waals surface area (Å²) in [6.45, 7) is 2.13. The molecule has 5 nitrogen and oxygen atoms in total. The maximum Gasteiger partial charge on any atom is 0.416 e. The number of halogens is 6. The van der Waals surface area contributed by atoms with Crippen LogP contribution >= 0.6 is 34.8 Å². The van der Waals surface area contributed by atoms with Crippen LogP contribution < -0.4 is 14.8 Å². The van der Waals surface area contributed by atoms with Crippen LogP contribution in [0.5, 0.6) is 11.5 Å². The molecule has 0 bridgehead atoms. The highest BCUT2D eigenvalue weighted by Gasteiger charge is 2.30. The van der Waals surface area contributed by atoms with Gasteiger partial charge in [0.15, 0.2) is 11.5 Å². The van der Waals surface area contributed by atoms with Crippen molar-refractivity contribution in [2.75, 3.05) is 11.9 Å². The highest BCUT2D eigenvalue weighted by atomic mass is 35.5. The Bertz CT molecular complexity index is 1390. The largest absolute Gasteiger partial charge is 0.490 e. The van der Waals surface area contributed by atoms with Crippen molar-refractivity contribution >= 4 is 52.5 Å². The molecule has 192 valence electrons. The third kappa shape index (κ3) is 7.56. The number of nitrogens with one attached hydrogen (secondary N) is 1. The van der Waals surface area contributed by atoms with Crippen molar-refractivity contribution < 1.29 is 27.4 Å². The van der Waals surface area contributed by atoms with Crippen molar-refractivity contribution in [1.29, 1.82) is 5.26 Å². The van der Waals surface area contributed by atoms with Gasteiger partial charge in [-0.2, -0.15) is 18.4 Å². The number of carbonyl (C=O) groups is 1. The Morgan fingerprint density at radius 2 is 1.78 bits per heavy atom. The number of alkyl halides is 3. The molecule has 3 rings (SSSR count).